The molecule has 0 saturated carbocycles. The van der Waals surface area contributed by atoms with E-state index in [-0.39, 0.29) is 18.4 Å². The second kappa shape index (κ2) is 8.71. The third kappa shape index (κ3) is 4.88. The molecule has 2 aromatic rings. The van der Waals surface area contributed by atoms with Crippen molar-refractivity contribution in [2.45, 2.75) is 33.1 Å². The van der Waals surface area contributed by atoms with Gasteiger partial charge in [0.2, 0.25) is 0 Å². The van der Waals surface area contributed by atoms with Crippen molar-refractivity contribution in [3.63, 3.8) is 0 Å². The highest BCUT2D eigenvalue weighted by molar-refractivity contribution is 5.97. The predicted molar refractivity (Wildman–Crippen MR) is 106 cm³/mol. The van der Waals surface area contributed by atoms with Gasteiger partial charge in [-0.15, -0.1) is 0 Å². The SMILES string of the molecule is Cc1cccc(C)c1OCC(=O)Nc1cccc(C(=O)N2CCCCC2)c1. The molecule has 0 spiro atoms. The van der Waals surface area contributed by atoms with Gasteiger partial charge in [-0.1, -0.05) is 24.3 Å². The van der Waals surface area contributed by atoms with Gasteiger partial charge < -0.3 is 15.0 Å². The number of amides is 2. The molecule has 0 aliphatic carbocycles. The van der Waals surface area contributed by atoms with Gasteiger partial charge in [-0.25, -0.2) is 0 Å². The topological polar surface area (TPSA) is 58.6 Å². The third-order valence-electron chi connectivity index (χ3n) is 4.79. The molecule has 0 unspecified atom stereocenters. The second-order valence-corrected chi connectivity index (χ2v) is 6.99. The molecule has 1 aliphatic heterocycles. The van der Waals surface area contributed by atoms with E-state index in [1.54, 1.807) is 24.3 Å². The summed E-state index contributed by atoms with van der Waals surface area (Å²) in [5.41, 5.74) is 3.20. The van der Waals surface area contributed by atoms with Crippen LogP contribution in [-0.4, -0.2) is 36.4 Å². The Morgan fingerprint density at radius 2 is 1.67 bits per heavy atom. The number of ether oxygens (including phenoxy) is 1. The quantitative estimate of drug-likeness (QED) is 0.872. The largest absolute Gasteiger partial charge is 0.483 e. The first-order valence-electron chi connectivity index (χ1n) is 9.43. The molecule has 3 rings (SSSR count). The summed E-state index contributed by atoms with van der Waals surface area (Å²) in [5.74, 6) is 0.513. The summed E-state index contributed by atoms with van der Waals surface area (Å²) >= 11 is 0. The number of para-hydroxylation sites is 1. The molecule has 27 heavy (non-hydrogen) atoms. The van der Waals surface area contributed by atoms with Gasteiger partial charge in [0.05, 0.1) is 0 Å². The average molecular weight is 366 g/mol. The molecule has 142 valence electrons. The molecule has 1 N–H and O–H groups in total. The van der Waals surface area contributed by atoms with Gasteiger partial charge in [-0.3, -0.25) is 9.59 Å². The Bertz CT molecular complexity index is 806. The molecule has 1 heterocycles. The van der Waals surface area contributed by atoms with Crippen molar-refractivity contribution < 1.29 is 14.3 Å². The Kier molecular flexibility index (Phi) is 6.12. The van der Waals surface area contributed by atoms with Crippen LogP contribution in [0.2, 0.25) is 0 Å². The van der Waals surface area contributed by atoms with Crippen LogP contribution >= 0.6 is 0 Å². The number of aryl methyl sites for hydroxylation is 2. The monoisotopic (exact) mass is 366 g/mol. The third-order valence-corrected chi connectivity index (χ3v) is 4.79. The first-order valence-corrected chi connectivity index (χ1v) is 9.43. The van der Waals surface area contributed by atoms with Gasteiger partial charge >= 0.3 is 0 Å². The standard InChI is InChI=1S/C22H26N2O3/c1-16-8-6-9-17(2)21(16)27-15-20(25)23-19-11-7-10-18(14-19)22(26)24-12-4-3-5-13-24/h6-11,14H,3-5,12-13,15H2,1-2H3,(H,23,25). The lowest BCUT2D eigenvalue weighted by atomic mass is 10.1. The van der Waals surface area contributed by atoms with Crippen molar-refractivity contribution in [1.29, 1.82) is 0 Å². The van der Waals surface area contributed by atoms with Crippen LogP contribution in [0.15, 0.2) is 42.5 Å². The van der Waals surface area contributed by atoms with Gasteiger partial charge in [-0.05, 0) is 62.4 Å². The number of likely N-dealkylation sites (tertiary alicyclic amines) is 1. The molecule has 1 fully saturated rings. The maximum absolute atomic E-state index is 12.6. The zero-order valence-corrected chi connectivity index (χ0v) is 16.0. The summed E-state index contributed by atoms with van der Waals surface area (Å²) in [5, 5.41) is 2.81. The molecule has 5 heteroatoms. The zero-order valence-electron chi connectivity index (χ0n) is 16.0. The number of carbonyl (C=O) groups is 2. The van der Waals surface area contributed by atoms with E-state index >= 15 is 0 Å². The molecule has 2 amide bonds. The van der Waals surface area contributed by atoms with Crippen LogP contribution < -0.4 is 10.1 Å². The number of anilines is 1. The second-order valence-electron chi connectivity index (χ2n) is 6.99. The zero-order chi connectivity index (χ0) is 19.2. The molecule has 0 aromatic heterocycles. The Labute approximate surface area is 160 Å². The van der Waals surface area contributed by atoms with Crippen LogP contribution in [0.5, 0.6) is 5.75 Å². The van der Waals surface area contributed by atoms with E-state index in [4.69, 9.17) is 4.74 Å². The minimum Gasteiger partial charge on any atom is -0.483 e. The molecule has 0 atom stereocenters. The molecule has 1 saturated heterocycles. The Balaban J connectivity index is 1.60. The number of piperidine rings is 1. The molecule has 5 nitrogen and oxygen atoms in total. The van der Waals surface area contributed by atoms with E-state index < -0.39 is 0 Å². The number of hydrogen-bond acceptors (Lipinski definition) is 3. The maximum Gasteiger partial charge on any atom is 0.262 e. The number of nitrogens with zero attached hydrogens (tertiary/aromatic N) is 1. The summed E-state index contributed by atoms with van der Waals surface area (Å²) in [4.78, 5) is 26.8. The van der Waals surface area contributed by atoms with Crippen LogP contribution in [0.4, 0.5) is 5.69 Å². The number of carbonyl (C=O) groups excluding carboxylic acids is 2. The molecule has 2 aromatic carbocycles. The Morgan fingerprint density at radius 3 is 2.37 bits per heavy atom. The maximum atomic E-state index is 12.6. The summed E-state index contributed by atoms with van der Waals surface area (Å²) in [7, 11) is 0. The summed E-state index contributed by atoms with van der Waals surface area (Å²) < 4.78 is 5.69. The number of hydrogen-bond donors (Lipinski definition) is 1. The first kappa shape index (κ1) is 19.0. The number of nitrogens with one attached hydrogen (secondary N) is 1. The van der Waals surface area contributed by atoms with Crippen molar-refractivity contribution in [2.75, 3.05) is 25.0 Å². The van der Waals surface area contributed by atoms with E-state index in [2.05, 4.69) is 5.32 Å². The van der Waals surface area contributed by atoms with E-state index in [0.717, 1.165) is 42.8 Å². The van der Waals surface area contributed by atoms with Crippen molar-refractivity contribution in [3.05, 3.63) is 59.2 Å². The number of rotatable bonds is 5. The molecule has 0 radical (unpaired) electrons. The van der Waals surface area contributed by atoms with Gasteiger partial charge in [0, 0.05) is 24.3 Å². The summed E-state index contributed by atoms with van der Waals surface area (Å²) in [6.45, 7) is 5.44. The van der Waals surface area contributed by atoms with Crippen molar-refractivity contribution in [3.8, 4) is 5.75 Å². The molecule has 1 aliphatic rings. The highest BCUT2D eigenvalue weighted by Crippen LogP contribution is 2.22. The van der Waals surface area contributed by atoms with Crippen molar-refractivity contribution in [1.82, 2.24) is 4.90 Å². The summed E-state index contributed by atoms with van der Waals surface area (Å²) in [6.07, 6.45) is 3.29. The molecule has 0 bridgehead atoms. The van der Waals surface area contributed by atoms with Crippen molar-refractivity contribution in [2.24, 2.45) is 0 Å². The van der Waals surface area contributed by atoms with Gasteiger partial charge in [0.25, 0.3) is 11.8 Å². The van der Waals surface area contributed by atoms with Crippen LogP contribution in [0.3, 0.4) is 0 Å². The van der Waals surface area contributed by atoms with E-state index in [1.807, 2.05) is 36.9 Å². The van der Waals surface area contributed by atoms with E-state index in [0.29, 0.717) is 11.3 Å². The normalized spacial score (nSPS) is 13.9. The van der Waals surface area contributed by atoms with Crippen LogP contribution in [-0.2, 0) is 4.79 Å². The highest BCUT2D eigenvalue weighted by atomic mass is 16.5. The van der Waals surface area contributed by atoms with Crippen LogP contribution in [0.1, 0.15) is 40.7 Å². The lowest BCUT2D eigenvalue weighted by Gasteiger charge is -2.26. The van der Waals surface area contributed by atoms with Crippen LogP contribution in [0, 0.1) is 13.8 Å². The minimum absolute atomic E-state index is 0.0255. The van der Waals surface area contributed by atoms with Crippen LogP contribution in [0.25, 0.3) is 0 Å². The fourth-order valence-electron chi connectivity index (χ4n) is 3.37. The molecular weight excluding hydrogens is 340 g/mol. The van der Waals surface area contributed by atoms with E-state index in [9.17, 15) is 9.59 Å². The summed E-state index contributed by atoms with van der Waals surface area (Å²) in [6, 6.07) is 13.0. The predicted octanol–water partition coefficient (Wildman–Crippen LogP) is 3.95. The van der Waals surface area contributed by atoms with Gasteiger partial charge in [0.15, 0.2) is 6.61 Å². The minimum atomic E-state index is -0.250. The smallest absolute Gasteiger partial charge is 0.262 e. The number of benzene rings is 2. The van der Waals surface area contributed by atoms with Crippen molar-refractivity contribution >= 4 is 17.5 Å². The average Bonchev–Trinajstić information content (AvgIpc) is 2.68. The Hall–Kier alpha value is -2.82. The van der Waals surface area contributed by atoms with Gasteiger partial charge in [-0.2, -0.15) is 0 Å². The Morgan fingerprint density at radius 1 is 1.00 bits per heavy atom. The highest BCUT2D eigenvalue weighted by Gasteiger charge is 2.18. The fraction of sp³-hybridized carbons (Fsp3) is 0.364. The lowest BCUT2D eigenvalue weighted by Crippen LogP contribution is -2.35. The molecular formula is C22H26N2O3. The lowest BCUT2D eigenvalue weighted by molar-refractivity contribution is -0.118. The first-order chi connectivity index (χ1) is 13.0. The van der Waals surface area contributed by atoms with Gasteiger partial charge in [0.1, 0.15) is 5.75 Å². The fourth-order valence-corrected chi connectivity index (χ4v) is 3.37. The van der Waals surface area contributed by atoms with E-state index in [1.165, 1.54) is 6.42 Å².